The summed E-state index contributed by atoms with van der Waals surface area (Å²) >= 11 is 1.84. The molecule has 2 heterocycles. The molecule has 144 valence electrons. The van der Waals surface area contributed by atoms with Crippen molar-refractivity contribution in [2.75, 3.05) is 13.1 Å². The Morgan fingerprint density at radius 1 is 1.22 bits per heavy atom. The molecule has 6 heteroatoms. The zero-order chi connectivity index (χ0) is 19.2. The smallest absolute Gasteiger partial charge is 0.226 e. The molecule has 2 aromatic rings. The van der Waals surface area contributed by atoms with E-state index in [1.807, 2.05) is 23.6 Å². The van der Waals surface area contributed by atoms with E-state index in [0.29, 0.717) is 23.4 Å². The lowest BCUT2D eigenvalue weighted by Gasteiger charge is -2.32. The monoisotopic (exact) mass is 385 g/mol. The van der Waals surface area contributed by atoms with E-state index in [1.54, 1.807) is 12.3 Å². The van der Waals surface area contributed by atoms with Gasteiger partial charge in [0.2, 0.25) is 11.8 Å². The zero-order valence-electron chi connectivity index (χ0n) is 16.2. The van der Waals surface area contributed by atoms with Gasteiger partial charge < -0.3 is 9.64 Å². The zero-order valence-corrected chi connectivity index (χ0v) is 17.0. The highest BCUT2D eigenvalue weighted by Gasteiger charge is 2.24. The SMILES string of the molecule is Cc1nccc(OC2CCN(C(=O)Cc3ccc(SC(C)C)cc3)CC2)n1. The van der Waals surface area contributed by atoms with Crippen molar-refractivity contribution < 1.29 is 9.53 Å². The van der Waals surface area contributed by atoms with Crippen LogP contribution < -0.4 is 4.74 Å². The Bertz CT molecular complexity index is 756. The maximum Gasteiger partial charge on any atom is 0.226 e. The number of carbonyl (C=O) groups is 1. The summed E-state index contributed by atoms with van der Waals surface area (Å²) in [5.41, 5.74) is 1.07. The van der Waals surface area contributed by atoms with E-state index in [1.165, 1.54) is 4.90 Å². The van der Waals surface area contributed by atoms with Crippen molar-refractivity contribution in [1.29, 1.82) is 0 Å². The Morgan fingerprint density at radius 3 is 2.56 bits per heavy atom. The van der Waals surface area contributed by atoms with Crippen molar-refractivity contribution >= 4 is 17.7 Å². The topological polar surface area (TPSA) is 55.3 Å². The first-order chi connectivity index (χ1) is 13.0. The number of rotatable bonds is 6. The van der Waals surface area contributed by atoms with Gasteiger partial charge in [0, 0.05) is 48.3 Å². The van der Waals surface area contributed by atoms with Crippen LogP contribution in [0.3, 0.4) is 0 Å². The molecule has 1 aromatic carbocycles. The molecule has 1 saturated heterocycles. The fourth-order valence-corrected chi connectivity index (χ4v) is 3.98. The molecule has 0 N–H and O–H groups in total. The second kappa shape index (κ2) is 9.22. The number of thioether (sulfide) groups is 1. The number of hydrogen-bond acceptors (Lipinski definition) is 5. The standard InChI is InChI=1S/C21H27N3O2S/c1-15(2)27-19-6-4-17(5-7-19)14-21(25)24-12-9-18(10-13-24)26-20-8-11-22-16(3)23-20/h4-8,11,15,18H,9-10,12-14H2,1-3H3. The normalized spacial score (nSPS) is 15.2. The molecule has 1 amide bonds. The van der Waals surface area contributed by atoms with Crippen LogP contribution in [-0.2, 0) is 11.2 Å². The van der Waals surface area contributed by atoms with Crippen LogP contribution in [0.5, 0.6) is 5.88 Å². The molecule has 3 rings (SSSR count). The van der Waals surface area contributed by atoms with E-state index in [0.717, 1.165) is 31.5 Å². The molecule has 0 aliphatic carbocycles. The predicted molar refractivity (Wildman–Crippen MR) is 108 cm³/mol. The molecule has 0 radical (unpaired) electrons. The van der Waals surface area contributed by atoms with E-state index < -0.39 is 0 Å². The minimum Gasteiger partial charge on any atom is -0.474 e. The first kappa shape index (κ1) is 19.7. The van der Waals surface area contributed by atoms with Crippen LogP contribution in [-0.4, -0.2) is 45.2 Å². The van der Waals surface area contributed by atoms with Gasteiger partial charge in [-0.25, -0.2) is 4.98 Å². The van der Waals surface area contributed by atoms with Crippen molar-refractivity contribution in [3.05, 3.63) is 47.9 Å². The number of likely N-dealkylation sites (tertiary alicyclic amines) is 1. The van der Waals surface area contributed by atoms with Crippen molar-refractivity contribution in [2.24, 2.45) is 0 Å². The highest BCUT2D eigenvalue weighted by molar-refractivity contribution is 7.99. The third-order valence-corrected chi connectivity index (χ3v) is 5.50. The summed E-state index contributed by atoms with van der Waals surface area (Å²) in [7, 11) is 0. The lowest BCUT2D eigenvalue weighted by molar-refractivity contribution is -0.132. The number of nitrogens with zero attached hydrogens (tertiary/aromatic N) is 3. The molecular weight excluding hydrogens is 358 g/mol. The van der Waals surface area contributed by atoms with Crippen LogP contribution in [0.1, 0.15) is 38.1 Å². The van der Waals surface area contributed by atoms with Gasteiger partial charge in [0.15, 0.2) is 0 Å². The second-order valence-electron chi connectivity index (χ2n) is 7.13. The maximum atomic E-state index is 12.6. The highest BCUT2D eigenvalue weighted by Crippen LogP contribution is 2.23. The average molecular weight is 386 g/mol. The van der Waals surface area contributed by atoms with E-state index in [9.17, 15) is 4.79 Å². The Morgan fingerprint density at radius 2 is 1.93 bits per heavy atom. The van der Waals surface area contributed by atoms with Gasteiger partial charge in [0.25, 0.3) is 0 Å². The van der Waals surface area contributed by atoms with Gasteiger partial charge in [0.1, 0.15) is 11.9 Å². The number of benzene rings is 1. The number of amides is 1. The molecule has 27 heavy (non-hydrogen) atoms. The van der Waals surface area contributed by atoms with Crippen molar-refractivity contribution in [3.63, 3.8) is 0 Å². The van der Waals surface area contributed by atoms with E-state index in [4.69, 9.17) is 4.74 Å². The van der Waals surface area contributed by atoms with E-state index in [-0.39, 0.29) is 12.0 Å². The summed E-state index contributed by atoms with van der Waals surface area (Å²) in [5.74, 6) is 1.51. The van der Waals surface area contributed by atoms with Gasteiger partial charge in [0.05, 0.1) is 6.42 Å². The van der Waals surface area contributed by atoms with Gasteiger partial charge in [-0.3, -0.25) is 4.79 Å². The third-order valence-electron chi connectivity index (χ3n) is 4.48. The van der Waals surface area contributed by atoms with Gasteiger partial charge in [-0.15, -0.1) is 11.8 Å². The fraction of sp³-hybridized carbons (Fsp3) is 0.476. The molecule has 5 nitrogen and oxygen atoms in total. The highest BCUT2D eigenvalue weighted by atomic mass is 32.2. The largest absolute Gasteiger partial charge is 0.474 e. The molecule has 0 saturated carbocycles. The molecule has 0 spiro atoms. The summed E-state index contributed by atoms with van der Waals surface area (Å²) in [4.78, 5) is 24.2. The van der Waals surface area contributed by atoms with E-state index >= 15 is 0 Å². The minimum absolute atomic E-state index is 0.107. The first-order valence-electron chi connectivity index (χ1n) is 9.49. The van der Waals surface area contributed by atoms with Crippen molar-refractivity contribution in [1.82, 2.24) is 14.9 Å². The van der Waals surface area contributed by atoms with E-state index in [2.05, 4.69) is 48.1 Å². The average Bonchev–Trinajstić information content (AvgIpc) is 2.63. The number of hydrogen-bond donors (Lipinski definition) is 0. The summed E-state index contributed by atoms with van der Waals surface area (Å²) in [6.07, 6.45) is 3.94. The van der Waals surface area contributed by atoms with Gasteiger partial charge in [-0.05, 0) is 24.6 Å². The van der Waals surface area contributed by atoms with Crippen LogP contribution in [0.15, 0.2) is 41.4 Å². The van der Waals surface area contributed by atoms with Crippen LogP contribution >= 0.6 is 11.8 Å². The Hall–Kier alpha value is -2.08. The summed E-state index contributed by atoms with van der Waals surface area (Å²) in [6, 6.07) is 10.1. The lowest BCUT2D eigenvalue weighted by Crippen LogP contribution is -2.42. The van der Waals surface area contributed by atoms with Gasteiger partial charge in [-0.1, -0.05) is 26.0 Å². The molecule has 1 aromatic heterocycles. The number of carbonyl (C=O) groups excluding carboxylic acids is 1. The summed E-state index contributed by atoms with van der Waals surface area (Å²) < 4.78 is 5.94. The minimum atomic E-state index is 0.107. The fourth-order valence-electron chi connectivity index (χ4n) is 3.14. The first-order valence-corrected chi connectivity index (χ1v) is 10.4. The Kier molecular flexibility index (Phi) is 6.72. The van der Waals surface area contributed by atoms with Crippen molar-refractivity contribution in [2.45, 2.75) is 56.3 Å². The van der Waals surface area contributed by atoms with Crippen LogP contribution in [0.4, 0.5) is 0 Å². The number of aromatic nitrogens is 2. The quantitative estimate of drug-likeness (QED) is 0.706. The summed E-state index contributed by atoms with van der Waals surface area (Å²) in [5, 5.41) is 0.562. The molecule has 0 atom stereocenters. The molecule has 0 bridgehead atoms. The van der Waals surface area contributed by atoms with Crippen molar-refractivity contribution in [3.8, 4) is 5.88 Å². The number of aryl methyl sites for hydroxylation is 1. The molecule has 1 aliphatic rings. The van der Waals surface area contributed by atoms with Crippen LogP contribution in [0.25, 0.3) is 0 Å². The third kappa shape index (κ3) is 5.96. The molecule has 0 unspecified atom stereocenters. The number of piperidine rings is 1. The molecular formula is C21H27N3O2S. The maximum absolute atomic E-state index is 12.6. The molecule has 1 aliphatic heterocycles. The molecule has 1 fully saturated rings. The predicted octanol–water partition coefficient (Wildman–Crippen LogP) is 3.90. The summed E-state index contributed by atoms with van der Waals surface area (Å²) in [6.45, 7) is 7.68. The van der Waals surface area contributed by atoms with Gasteiger partial charge >= 0.3 is 0 Å². The van der Waals surface area contributed by atoms with Crippen LogP contribution in [0, 0.1) is 6.92 Å². The van der Waals surface area contributed by atoms with Gasteiger partial charge in [-0.2, -0.15) is 4.98 Å². The lowest BCUT2D eigenvalue weighted by atomic mass is 10.1. The van der Waals surface area contributed by atoms with Crippen LogP contribution in [0.2, 0.25) is 0 Å². The Labute approximate surface area is 165 Å². The number of ether oxygens (including phenoxy) is 1. The Balaban J connectivity index is 1.47. The second-order valence-corrected chi connectivity index (χ2v) is 8.78.